The minimum absolute atomic E-state index is 0.202. The molecule has 0 aliphatic heterocycles. The van der Waals surface area contributed by atoms with Gasteiger partial charge in [-0.2, -0.15) is 13.2 Å². The van der Waals surface area contributed by atoms with Crippen molar-refractivity contribution in [2.45, 2.75) is 19.5 Å². The lowest BCUT2D eigenvalue weighted by atomic mass is 10.0. The van der Waals surface area contributed by atoms with E-state index in [0.29, 0.717) is 6.42 Å². The highest BCUT2D eigenvalue weighted by Gasteiger charge is 2.34. The molecule has 0 fully saturated rings. The van der Waals surface area contributed by atoms with Crippen molar-refractivity contribution >= 4 is 5.69 Å². The van der Waals surface area contributed by atoms with Gasteiger partial charge in [0.2, 0.25) is 0 Å². The number of nitrogens with two attached hydrogens (primary N) is 1. The smallest absolute Gasteiger partial charge is 0.398 e. The first-order chi connectivity index (χ1) is 5.96. The summed E-state index contributed by atoms with van der Waals surface area (Å²) in [6.45, 7) is 1.67. The average Bonchev–Trinajstić information content (AvgIpc) is 2.01. The summed E-state index contributed by atoms with van der Waals surface area (Å²) in [5, 5.41) is 0. The van der Waals surface area contributed by atoms with Gasteiger partial charge in [0.15, 0.2) is 0 Å². The first kappa shape index (κ1) is 9.89. The van der Waals surface area contributed by atoms with Crippen LogP contribution < -0.4 is 5.73 Å². The van der Waals surface area contributed by atoms with Crippen molar-refractivity contribution in [1.29, 1.82) is 0 Å². The number of hydrogen-bond acceptors (Lipinski definition) is 1. The Bertz CT molecular complexity index is 304. The molecule has 0 radical (unpaired) electrons. The van der Waals surface area contributed by atoms with E-state index in [4.69, 9.17) is 5.73 Å². The van der Waals surface area contributed by atoms with Crippen LogP contribution in [0.1, 0.15) is 18.1 Å². The van der Waals surface area contributed by atoms with Gasteiger partial charge in [-0.3, -0.25) is 0 Å². The van der Waals surface area contributed by atoms with Gasteiger partial charge in [0, 0.05) is 5.69 Å². The van der Waals surface area contributed by atoms with Gasteiger partial charge < -0.3 is 5.73 Å². The minimum Gasteiger partial charge on any atom is -0.398 e. The quantitative estimate of drug-likeness (QED) is 0.675. The Morgan fingerprint density at radius 3 is 2.31 bits per heavy atom. The summed E-state index contributed by atoms with van der Waals surface area (Å²) in [6, 6.07) is 4.24. The van der Waals surface area contributed by atoms with E-state index in [1.807, 2.05) is 0 Å². The minimum atomic E-state index is -4.35. The Hall–Kier alpha value is -1.19. The van der Waals surface area contributed by atoms with Crippen molar-refractivity contribution in [3.8, 4) is 0 Å². The van der Waals surface area contributed by atoms with Crippen LogP contribution in [0.15, 0.2) is 18.2 Å². The number of anilines is 1. The summed E-state index contributed by atoms with van der Waals surface area (Å²) in [4.78, 5) is 0. The van der Waals surface area contributed by atoms with E-state index >= 15 is 0 Å². The lowest BCUT2D eigenvalue weighted by molar-refractivity contribution is -0.137. The van der Waals surface area contributed by atoms with Gasteiger partial charge in [-0.15, -0.1) is 0 Å². The molecule has 1 aromatic rings. The molecule has 4 heteroatoms. The lowest BCUT2D eigenvalue weighted by Gasteiger charge is -2.13. The van der Waals surface area contributed by atoms with Crippen LogP contribution in [0.25, 0.3) is 0 Å². The van der Waals surface area contributed by atoms with Gasteiger partial charge in [0.25, 0.3) is 0 Å². The third kappa shape index (κ3) is 1.94. The van der Waals surface area contributed by atoms with Gasteiger partial charge in [-0.05, 0) is 18.1 Å². The van der Waals surface area contributed by atoms with Crippen LogP contribution in [-0.2, 0) is 12.6 Å². The molecule has 2 N–H and O–H groups in total. The zero-order valence-corrected chi connectivity index (χ0v) is 7.15. The van der Waals surface area contributed by atoms with E-state index in [1.165, 1.54) is 18.2 Å². The van der Waals surface area contributed by atoms with Crippen LogP contribution in [0, 0.1) is 0 Å². The second kappa shape index (κ2) is 3.28. The molecular formula is C9H10F3N. The average molecular weight is 189 g/mol. The van der Waals surface area contributed by atoms with E-state index in [-0.39, 0.29) is 11.3 Å². The van der Waals surface area contributed by atoms with E-state index in [1.54, 1.807) is 6.92 Å². The van der Waals surface area contributed by atoms with Crippen molar-refractivity contribution in [3.63, 3.8) is 0 Å². The number of hydrogen-bond donors (Lipinski definition) is 1. The molecular weight excluding hydrogens is 179 g/mol. The molecule has 0 heterocycles. The Kier molecular flexibility index (Phi) is 2.50. The van der Waals surface area contributed by atoms with Crippen LogP contribution in [0.4, 0.5) is 18.9 Å². The molecule has 0 unspecified atom stereocenters. The summed E-state index contributed by atoms with van der Waals surface area (Å²) < 4.78 is 37.2. The molecule has 0 aliphatic rings. The monoisotopic (exact) mass is 189 g/mol. The number of halogens is 3. The van der Waals surface area contributed by atoms with Crippen LogP contribution in [0.3, 0.4) is 0 Å². The van der Waals surface area contributed by atoms with E-state index in [2.05, 4.69) is 0 Å². The molecule has 0 bridgehead atoms. The number of aryl methyl sites for hydroxylation is 1. The fraction of sp³-hybridized carbons (Fsp3) is 0.333. The molecule has 1 rings (SSSR count). The molecule has 0 amide bonds. The van der Waals surface area contributed by atoms with Crippen molar-refractivity contribution in [1.82, 2.24) is 0 Å². The zero-order chi connectivity index (χ0) is 10.1. The molecule has 0 aliphatic carbocycles. The predicted molar refractivity (Wildman–Crippen MR) is 45.2 cm³/mol. The number of nitrogen functional groups attached to an aromatic ring is 1. The fourth-order valence-corrected chi connectivity index (χ4v) is 1.26. The zero-order valence-electron chi connectivity index (χ0n) is 7.15. The highest BCUT2D eigenvalue weighted by molar-refractivity contribution is 5.52. The highest BCUT2D eigenvalue weighted by atomic mass is 19.4. The lowest BCUT2D eigenvalue weighted by Crippen LogP contribution is -2.12. The largest absolute Gasteiger partial charge is 0.418 e. The van der Waals surface area contributed by atoms with Gasteiger partial charge in [-0.25, -0.2) is 0 Å². The number of alkyl halides is 3. The summed E-state index contributed by atoms with van der Waals surface area (Å²) >= 11 is 0. The van der Waals surface area contributed by atoms with Crippen molar-refractivity contribution < 1.29 is 13.2 Å². The summed E-state index contributed by atoms with van der Waals surface area (Å²) in [5.41, 5.74) is 4.61. The second-order valence-corrected chi connectivity index (χ2v) is 2.73. The molecule has 0 aromatic heterocycles. The number of rotatable bonds is 1. The standard InChI is InChI=1S/C9H10F3N/c1-2-6-4-3-5-7(13)8(6)9(10,11)12/h3-5H,2,13H2,1H3. The molecule has 0 saturated carbocycles. The third-order valence-corrected chi connectivity index (χ3v) is 1.85. The summed E-state index contributed by atoms with van der Waals surface area (Å²) in [6.07, 6.45) is -4.02. The Morgan fingerprint density at radius 1 is 1.31 bits per heavy atom. The molecule has 1 nitrogen and oxygen atoms in total. The van der Waals surface area contributed by atoms with Crippen molar-refractivity contribution in [3.05, 3.63) is 29.3 Å². The first-order valence-electron chi connectivity index (χ1n) is 3.91. The van der Waals surface area contributed by atoms with E-state index < -0.39 is 11.7 Å². The molecule has 13 heavy (non-hydrogen) atoms. The number of benzene rings is 1. The van der Waals surface area contributed by atoms with Gasteiger partial charge in [-0.1, -0.05) is 19.1 Å². The second-order valence-electron chi connectivity index (χ2n) is 2.73. The van der Waals surface area contributed by atoms with Crippen LogP contribution >= 0.6 is 0 Å². The fourth-order valence-electron chi connectivity index (χ4n) is 1.26. The maximum absolute atomic E-state index is 12.4. The van der Waals surface area contributed by atoms with Crippen molar-refractivity contribution in [2.24, 2.45) is 0 Å². The topological polar surface area (TPSA) is 26.0 Å². The Morgan fingerprint density at radius 2 is 1.92 bits per heavy atom. The molecule has 72 valence electrons. The maximum Gasteiger partial charge on any atom is 0.418 e. The van der Waals surface area contributed by atoms with Gasteiger partial charge >= 0.3 is 6.18 Å². The summed E-state index contributed by atoms with van der Waals surface area (Å²) in [5.74, 6) is 0. The molecule has 0 spiro atoms. The summed E-state index contributed by atoms with van der Waals surface area (Å²) in [7, 11) is 0. The highest BCUT2D eigenvalue weighted by Crippen LogP contribution is 2.36. The molecule has 1 aromatic carbocycles. The van der Waals surface area contributed by atoms with Crippen LogP contribution in [-0.4, -0.2) is 0 Å². The molecule has 0 atom stereocenters. The van der Waals surface area contributed by atoms with E-state index in [9.17, 15) is 13.2 Å². The van der Waals surface area contributed by atoms with Crippen LogP contribution in [0.2, 0.25) is 0 Å². The van der Waals surface area contributed by atoms with Crippen LogP contribution in [0.5, 0.6) is 0 Å². The van der Waals surface area contributed by atoms with Gasteiger partial charge in [0.05, 0.1) is 5.56 Å². The van der Waals surface area contributed by atoms with Gasteiger partial charge in [0.1, 0.15) is 0 Å². The SMILES string of the molecule is CCc1cccc(N)c1C(F)(F)F. The Balaban J connectivity index is 3.32. The maximum atomic E-state index is 12.4. The predicted octanol–water partition coefficient (Wildman–Crippen LogP) is 2.85. The molecule has 0 saturated heterocycles. The van der Waals surface area contributed by atoms with E-state index in [0.717, 1.165) is 0 Å². The Labute approximate surface area is 74.4 Å². The first-order valence-corrected chi connectivity index (χ1v) is 3.91. The normalized spacial score (nSPS) is 11.7. The third-order valence-electron chi connectivity index (χ3n) is 1.85. The van der Waals surface area contributed by atoms with Crippen molar-refractivity contribution in [2.75, 3.05) is 5.73 Å².